The summed E-state index contributed by atoms with van der Waals surface area (Å²) in [5.74, 6) is 0. The molecule has 1 aliphatic heterocycles. The van der Waals surface area contributed by atoms with E-state index < -0.39 is 18.3 Å². The summed E-state index contributed by atoms with van der Waals surface area (Å²) in [5, 5.41) is 3.31. The molecule has 100 valence electrons. The Hall–Kier alpha value is -2.27. The van der Waals surface area contributed by atoms with Gasteiger partial charge in [-0.05, 0) is 11.1 Å². The lowest BCUT2D eigenvalue weighted by atomic mass is 10.2. The van der Waals surface area contributed by atoms with Crippen LogP contribution in [0.25, 0.3) is 10.4 Å². The highest BCUT2D eigenvalue weighted by Crippen LogP contribution is 2.18. The van der Waals surface area contributed by atoms with Crippen molar-refractivity contribution in [1.29, 1.82) is 0 Å². The second kappa shape index (κ2) is 6.06. The zero-order valence-electron chi connectivity index (χ0n) is 10.1. The van der Waals surface area contributed by atoms with Gasteiger partial charge in [0.15, 0.2) is 0 Å². The van der Waals surface area contributed by atoms with Crippen molar-refractivity contribution < 1.29 is 13.9 Å². The highest BCUT2D eigenvalue weighted by atomic mass is 19.1. The molecule has 7 heteroatoms. The molecular formula is C12H13FN4O2. The molecule has 1 fully saturated rings. The van der Waals surface area contributed by atoms with Gasteiger partial charge in [0.05, 0.1) is 12.6 Å². The van der Waals surface area contributed by atoms with E-state index in [9.17, 15) is 9.18 Å². The maximum atomic E-state index is 13.4. The molecule has 6 nitrogen and oxygen atoms in total. The van der Waals surface area contributed by atoms with E-state index >= 15 is 0 Å². The third-order valence-electron chi connectivity index (χ3n) is 2.88. The molecule has 0 radical (unpaired) electrons. The lowest BCUT2D eigenvalue weighted by Crippen LogP contribution is -2.30. The quantitative estimate of drug-likeness (QED) is 0.478. The molecule has 2 atom stereocenters. The van der Waals surface area contributed by atoms with Crippen molar-refractivity contribution in [3.8, 4) is 0 Å². The molecule has 0 spiro atoms. The molecule has 0 N–H and O–H groups in total. The SMILES string of the molecule is [N-]=[N+]=NC1CN(C(=O)OCc2ccccc2)CC1F. The number of rotatable bonds is 3. The Labute approximate surface area is 109 Å². The summed E-state index contributed by atoms with van der Waals surface area (Å²) in [7, 11) is 0. The summed E-state index contributed by atoms with van der Waals surface area (Å²) in [6, 6.07) is 8.39. The van der Waals surface area contributed by atoms with E-state index in [0.717, 1.165) is 5.56 Å². The summed E-state index contributed by atoms with van der Waals surface area (Å²) in [6.45, 7) is 0.0927. The number of nitrogens with zero attached hydrogens (tertiary/aromatic N) is 4. The number of azide groups is 1. The summed E-state index contributed by atoms with van der Waals surface area (Å²) in [6.07, 6.45) is -1.93. The number of hydrogen-bond acceptors (Lipinski definition) is 3. The third kappa shape index (κ3) is 3.35. The first-order chi connectivity index (χ1) is 9.20. The van der Waals surface area contributed by atoms with E-state index in [4.69, 9.17) is 10.3 Å². The van der Waals surface area contributed by atoms with E-state index in [1.807, 2.05) is 30.3 Å². The predicted molar refractivity (Wildman–Crippen MR) is 66.0 cm³/mol. The summed E-state index contributed by atoms with van der Waals surface area (Å²) < 4.78 is 18.5. The van der Waals surface area contributed by atoms with Crippen LogP contribution >= 0.6 is 0 Å². The molecule has 1 heterocycles. The summed E-state index contributed by atoms with van der Waals surface area (Å²) in [4.78, 5) is 15.5. The summed E-state index contributed by atoms with van der Waals surface area (Å²) in [5.41, 5.74) is 9.14. The number of benzene rings is 1. The lowest BCUT2D eigenvalue weighted by molar-refractivity contribution is 0.102. The molecule has 1 saturated heterocycles. The molecule has 2 rings (SSSR count). The van der Waals surface area contributed by atoms with Crippen LogP contribution in [-0.2, 0) is 11.3 Å². The molecular weight excluding hydrogens is 251 g/mol. The minimum Gasteiger partial charge on any atom is -0.445 e. The highest BCUT2D eigenvalue weighted by Gasteiger charge is 2.35. The molecule has 0 bridgehead atoms. The number of carbonyl (C=O) groups is 1. The van der Waals surface area contributed by atoms with Crippen LogP contribution in [0.2, 0.25) is 0 Å². The van der Waals surface area contributed by atoms with Gasteiger partial charge in [0, 0.05) is 11.5 Å². The molecule has 19 heavy (non-hydrogen) atoms. The van der Waals surface area contributed by atoms with Crippen molar-refractivity contribution in [2.45, 2.75) is 18.8 Å². The average Bonchev–Trinajstić information content (AvgIpc) is 2.79. The largest absolute Gasteiger partial charge is 0.445 e. The maximum Gasteiger partial charge on any atom is 0.410 e. The lowest BCUT2D eigenvalue weighted by Gasteiger charge is -2.15. The first-order valence-electron chi connectivity index (χ1n) is 5.84. The van der Waals surface area contributed by atoms with Gasteiger partial charge in [-0.15, -0.1) is 0 Å². The van der Waals surface area contributed by atoms with Gasteiger partial charge in [0.2, 0.25) is 0 Å². The van der Waals surface area contributed by atoms with Crippen LogP contribution in [0, 0.1) is 0 Å². The maximum absolute atomic E-state index is 13.4. The average molecular weight is 264 g/mol. The van der Waals surface area contributed by atoms with Crippen LogP contribution in [0.5, 0.6) is 0 Å². The molecule has 1 amide bonds. The first kappa shape index (κ1) is 13.2. The van der Waals surface area contributed by atoms with Crippen molar-refractivity contribution in [3.05, 3.63) is 46.3 Å². The second-order valence-corrected chi connectivity index (χ2v) is 4.23. The Morgan fingerprint density at radius 3 is 2.89 bits per heavy atom. The van der Waals surface area contributed by atoms with Crippen LogP contribution in [0.1, 0.15) is 5.56 Å². The topological polar surface area (TPSA) is 78.3 Å². The monoisotopic (exact) mass is 264 g/mol. The Morgan fingerprint density at radius 1 is 1.47 bits per heavy atom. The van der Waals surface area contributed by atoms with Gasteiger partial charge in [-0.2, -0.15) is 0 Å². The molecule has 0 aliphatic carbocycles. The van der Waals surface area contributed by atoms with Gasteiger partial charge in [0.1, 0.15) is 12.8 Å². The highest BCUT2D eigenvalue weighted by molar-refractivity contribution is 5.68. The van der Waals surface area contributed by atoms with E-state index in [1.165, 1.54) is 4.90 Å². The van der Waals surface area contributed by atoms with E-state index in [1.54, 1.807) is 0 Å². The number of ether oxygens (including phenoxy) is 1. The van der Waals surface area contributed by atoms with Gasteiger partial charge in [0.25, 0.3) is 0 Å². The van der Waals surface area contributed by atoms with Crippen LogP contribution in [0.15, 0.2) is 35.4 Å². The van der Waals surface area contributed by atoms with E-state index in [-0.39, 0.29) is 19.7 Å². The Morgan fingerprint density at radius 2 is 2.21 bits per heavy atom. The Bertz CT molecular complexity index is 490. The van der Waals surface area contributed by atoms with Crippen molar-refractivity contribution >= 4 is 6.09 Å². The first-order valence-corrected chi connectivity index (χ1v) is 5.84. The van der Waals surface area contributed by atoms with Crippen molar-refractivity contribution in [2.24, 2.45) is 5.11 Å². The van der Waals surface area contributed by atoms with Gasteiger partial charge < -0.3 is 9.64 Å². The summed E-state index contributed by atoms with van der Waals surface area (Å²) >= 11 is 0. The molecule has 0 saturated carbocycles. The predicted octanol–water partition coefficient (Wildman–Crippen LogP) is 2.66. The van der Waals surface area contributed by atoms with Gasteiger partial charge >= 0.3 is 6.09 Å². The number of amides is 1. The minimum absolute atomic E-state index is 0.0544. The molecule has 2 unspecified atom stereocenters. The Balaban J connectivity index is 1.86. The van der Waals surface area contributed by atoms with Crippen LogP contribution in [0.3, 0.4) is 0 Å². The van der Waals surface area contributed by atoms with Gasteiger partial charge in [-0.3, -0.25) is 0 Å². The standard InChI is InChI=1S/C12H13FN4O2/c13-10-6-17(7-11(10)15-16-14)12(18)19-8-9-4-2-1-3-5-9/h1-5,10-11H,6-8H2. The van der Waals surface area contributed by atoms with Crippen molar-refractivity contribution in [3.63, 3.8) is 0 Å². The van der Waals surface area contributed by atoms with Crippen molar-refractivity contribution in [2.75, 3.05) is 13.1 Å². The number of halogens is 1. The fraction of sp³-hybridized carbons (Fsp3) is 0.417. The van der Waals surface area contributed by atoms with Gasteiger partial charge in [-0.1, -0.05) is 35.4 Å². The fourth-order valence-corrected chi connectivity index (χ4v) is 1.88. The fourth-order valence-electron chi connectivity index (χ4n) is 1.88. The molecule has 1 aromatic carbocycles. The number of carbonyl (C=O) groups excluding carboxylic acids is 1. The third-order valence-corrected chi connectivity index (χ3v) is 2.88. The van der Waals surface area contributed by atoms with Crippen LogP contribution in [-0.4, -0.2) is 36.3 Å². The van der Waals surface area contributed by atoms with E-state index in [2.05, 4.69) is 10.0 Å². The number of likely N-dealkylation sites (tertiary alicyclic amines) is 1. The minimum atomic E-state index is -1.33. The molecule has 1 aromatic rings. The van der Waals surface area contributed by atoms with E-state index in [0.29, 0.717) is 0 Å². The Kier molecular flexibility index (Phi) is 4.20. The van der Waals surface area contributed by atoms with Crippen molar-refractivity contribution in [1.82, 2.24) is 4.90 Å². The second-order valence-electron chi connectivity index (χ2n) is 4.23. The normalized spacial score (nSPS) is 21.8. The zero-order valence-corrected chi connectivity index (χ0v) is 10.1. The molecule has 1 aliphatic rings. The number of alkyl halides is 1. The van der Waals surface area contributed by atoms with Crippen LogP contribution < -0.4 is 0 Å². The number of hydrogen-bond donors (Lipinski definition) is 0. The zero-order chi connectivity index (χ0) is 13.7. The van der Waals surface area contributed by atoms with Gasteiger partial charge in [-0.25, -0.2) is 9.18 Å². The van der Waals surface area contributed by atoms with Crippen LogP contribution in [0.4, 0.5) is 9.18 Å². The molecule has 0 aromatic heterocycles. The smallest absolute Gasteiger partial charge is 0.410 e.